The van der Waals surface area contributed by atoms with E-state index in [4.69, 9.17) is 5.26 Å². The fourth-order valence-corrected chi connectivity index (χ4v) is 0.916. The third-order valence-corrected chi connectivity index (χ3v) is 1.34. The summed E-state index contributed by atoms with van der Waals surface area (Å²) in [6.45, 7) is 0. The Balaban J connectivity index is 2.81. The summed E-state index contributed by atoms with van der Waals surface area (Å²) in [5, 5.41) is 10.4. The Bertz CT molecular complexity index is 299. The topological polar surface area (TPSA) is 39.1 Å². The molecule has 0 fully saturated rings. The Hall–Kier alpha value is -1.53. The zero-order valence-corrected chi connectivity index (χ0v) is 7.20. The summed E-state index contributed by atoms with van der Waals surface area (Å²) < 4.78 is 0. The largest absolute Gasteiger partial charge is 0.319 e. The highest BCUT2D eigenvalue weighted by Crippen LogP contribution is 2.09. The lowest BCUT2D eigenvalue weighted by atomic mass is 10.2. The molecule has 0 atom stereocenters. The minimum Gasteiger partial charge on any atom is -0.319 e. The summed E-state index contributed by atoms with van der Waals surface area (Å²) in [6, 6.07) is 9.44. The lowest BCUT2D eigenvalue weighted by molar-refractivity contribution is 0.495. The van der Waals surface area contributed by atoms with E-state index in [0.717, 1.165) is 5.69 Å². The summed E-state index contributed by atoms with van der Waals surface area (Å²) in [4.78, 5) is 0. The predicted octanol–water partition coefficient (Wildman–Crippen LogP) is 1.45. The van der Waals surface area contributed by atoms with Crippen LogP contribution in [0.15, 0.2) is 24.3 Å². The molecule has 0 heterocycles. The molecule has 0 aliphatic rings. The van der Waals surface area contributed by atoms with Crippen molar-refractivity contribution in [3.05, 3.63) is 29.8 Å². The molecular formula is C9H11N3. The molecule has 1 rings (SSSR count). The van der Waals surface area contributed by atoms with Crippen molar-refractivity contribution in [2.24, 2.45) is 0 Å². The Morgan fingerprint density at radius 1 is 1.42 bits per heavy atom. The Labute approximate surface area is 72.2 Å². The molecule has 0 aromatic heterocycles. The molecule has 1 N–H and O–H groups in total. The number of rotatable bonds is 2. The van der Waals surface area contributed by atoms with Crippen molar-refractivity contribution in [3.63, 3.8) is 0 Å². The van der Waals surface area contributed by atoms with Crippen LogP contribution in [0, 0.1) is 11.3 Å². The van der Waals surface area contributed by atoms with Crippen molar-refractivity contribution in [2.45, 2.75) is 0 Å². The minimum absolute atomic E-state index is 0.668. The normalized spacial score (nSPS) is 9.50. The number of nitrogens with one attached hydrogen (secondary N) is 1. The summed E-state index contributed by atoms with van der Waals surface area (Å²) in [5.41, 5.74) is 4.66. The molecule has 1 aromatic carbocycles. The van der Waals surface area contributed by atoms with Crippen molar-refractivity contribution >= 4 is 5.69 Å². The van der Waals surface area contributed by atoms with E-state index < -0.39 is 0 Å². The van der Waals surface area contributed by atoms with E-state index in [1.165, 1.54) is 0 Å². The second-order valence-electron chi connectivity index (χ2n) is 2.70. The first-order chi connectivity index (χ1) is 5.72. The predicted molar refractivity (Wildman–Crippen MR) is 48.5 cm³/mol. The van der Waals surface area contributed by atoms with Crippen LogP contribution in [-0.4, -0.2) is 19.1 Å². The highest BCUT2D eigenvalue weighted by atomic mass is 15.5. The summed E-state index contributed by atoms with van der Waals surface area (Å²) in [5.74, 6) is 0. The smallest absolute Gasteiger partial charge is 0.0992 e. The average molecular weight is 161 g/mol. The fraction of sp³-hybridized carbons (Fsp3) is 0.222. The van der Waals surface area contributed by atoms with Crippen LogP contribution in [0.3, 0.4) is 0 Å². The number of anilines is 1. The first-order valence-corrected chi connectivity index (χ1v) is 3.66. The SMILES string of the molecule is CN(C)Nc1cccc(C#N)c1. The molecule has 3 heteroatoms. The van der Waals surface area contributed by atoms with Crippen molar-refractivity contribution in [3.8, 4) is 6.07 Å². The Morgan fingerprint density at radius 3 is 2.75 bits per heavy atom. The summed E-state index contributed by atoms with van der Waals surface area (Å²) in [6.07, 6.45) is 0. The lowest BCUT2D eigenvalue weighted by Crippen LogP contribution is -2.19. The molecule has 1 aromatic rings. The van der Waals surface area contributed by atoms with Crippen molar-refractivity contribution in [2.75, 3.05) is 19.5 Å². The number of hydrogen-bond donors (Lipinski definition) is 1. The van der Waals surface area contributed by atoms with Crippen LogP contribution in [0.25, 0.3) is 0 Å². The van der Waals surface area contributed by atoms with E-state index in [1.807, 2.05) is 31.2 Å². The molecule has 0 spiro atoms. The van der Waals surface area contributed by atoms with Gasteiger partial charge in [-0.1, -0.05) is 6.07 Å². The summed E-state index contributed by atoms with van der Waals surface area (Å²) in [7, 11) is 3.80. The van der Waals surface area contributed by atoms with Crippen molar-refractivity contribution in [1.82, 2.24) is 5.01 Å². The van der Waals surface area contributed by atoms with Gasteiger partial charge in [0.25, 0.3) is 0 Å². The van der Waals surface area contributed by atoms with Gasteiger partial charge in [-0.25, -0.2) is 5.01 Å². The maximum atomic E-state index is 8.60. The third kappa shape index (κ3) is 2.26. The molecule has 0 unspecified atom stereocenters. The van der Waals surface area contributed by atoms with Gasteiger partial charge < -0.3 is 5.43 Å². The van der Waals surface area contributed by atoms with E-state index in [0.29, 0.717) is 5.56 Å². The molecule has 62 valence electrons. The van der Waals surface area contributed by atoms with Crippen LogP contribution in [0.2, 0.25) is 0 Å². The van der Waals surface area contributed by atoms with E-state index in [-0.39, 0.29) is 0 Å². The van der Waals surface area contributed by atoms with Gasteiger partial charge in [0.15, 0.2) is 0 Å². The van der Waals surface area contributed by atoms with Gasteiger partial charge in [-0.15, -0.1) is 0 Å². The van der Waals surface area contributed by atoms with Crippen molar-refractivity contribution < 1.29 is 0 Å². The van der Waals surface area contributed by atoms with Crippen LogP contribution in [0.4, 0.5) is 5.69 Å². The average Bonchev–Trinajstić information content (AvgIpc) is 2.03. The summed E-state index contributed by atoms with van der Waals surface area (Å²) >= 11 is 0. The molecule has 0 radical (unpaired) electrons. The molecule has 12 heavy (non-hydrogen) atoms. The van der Waals surface area contributed by atoms with E-state index in [2.05, 4.69) is 11.5 Å². The second kappa shape index (κ2) is 3.74. The van der Waals surface area contributed by atoms with E-state index in [9.17, 15) is 0 Å². The quantitative estimate of drug-likeness (QED) is 0.667. The first-order valence-electron chi connectivity index (χ1n) is 3.66. The highest BCUT2D eigenvalue weighted by molar-refractivity contribution is 5.48. The molecule has 0 aliphatic heterocycles. The zero-order valence-electron chi connectivity index (χ0n) is 7.20. The van der Waals surface area contributed by atoms with E-state index in [1.54, 1.807) is 12.1 Å². The van der Waals surface area contributed by atoms with Crippen LogP contribution in [-0.2, 0) is 0 Å². The molecule has 0 saturated heterocycles. The van der Waals surface area contributed by atoms with Gasteiger partial charge in [0.1, 0.15) is 0 Å². The van der Waals surface area contributed by atoms with Gasteiger partial charge in [0.2, 0.25) is 0 Å². The van der Waals surface area contributed by atoms with Gasteiger partial charge in [-0.05, 0) is 18.2 Å². The molecule has 0 saturated carbocycles. The van der Waals surface area contributed by atoms with E-state index >= 15 is 0 Å². The molecular weight excluding hydrogens is 150 g/mol. The standard InChI is InChI=1S/C9H11N3/c1-12(2)11-9-5-3-4-8(6-9)7-10/h3-6,11H,1-2H3. The van der Waals surface area contributed by atoms with Gasteiger partial charge in [-0.3, -0.25) is 0 Å². The monoisotopic (exact) mass is 161 g/mol. The van der Waals surface area contributed by atoms with Gasteiger partial charge in [-0.2, -0.15) is 5.26 Å². The van der Waals surface area contributed by atoms with Crippen LogP contribution < -0.4 is 5.43 Å². The van der Waals surface area contributed by atoms with Gasteiger partial charge >= 0.3 is 0 Å². The minimum atomic E-state index is 0.668. The molecule has 3 nitrogen and oxygen atoms in total. The maximum Gasteiger partial charge on any atom is 0.0992 e. The number of nitrogens with zero attached hydrogens (tertiary/aromatic N) is 2. The number of nitriles is 1. The van der Waals surface area contributed by atoms with Gasteiger partial charge in [0.05, 0.1) is 17.3 Å². The zero-order chi connectivity index (χ0) is 8.97. The second-order valence-corrected chi connectivity index (χ2v) is 2.70. The van der Waals surface area contributed by atoms with Crippen LogP contribution >= 0.6 is 0 Å². The number of hydrogen-bond acceptors (Lipinski definition) is 3. The Kier molecular flexibility index (Phi) is 2.67. The lowest BCUT2D eigenvalue weighted by Gasteiger charge is -2.12. The van der Waals surface area contributed by atoms with Crippen LogP contribution in [0.5, 0.6) is 0 Å². The number of hydrazine groups is 1. The Morgan fingerprint density at radius 2 is 2.17 bits per heavy atom. The van der Waals surface area contributed by atoms with Gasteiger partial charge in [0, 0.05) is 14.1 Å². The third-order valence-electron chi connectivity index (χ3n) is 1.34. The van der Waals surface area contributed by atoms with Crippen LogP contribution in [0.1, 0.15) is 5.56 Å². The van der Waals surface area contributed by atoms with Crippen molar-refractivity contribution in [1.29, 1.82) is 5.26 Å². The first kappa shape index (κ1) is 8.57. The molecule has 0 bridgehead atoms. The number of benzene rings is 1. The molecule has 0 amide bonds. The fourth-order valence-electron chi connectivity index (χ4n) is 0.916. The molecule has 0 aliphatic carbocycles. The highest BCUT2D eigenvalue weighted by Gasteiger charge is 1.93. The maximum absolute atomic E-state index is 8.60.